The molecule has 2 aromatic carbocycles. The highest BCUT2D eigenvalue weighted by molar-refractivity contribution is 6.01. The highest BCUT2D eigenvalue weighted by Crippen LogP contribution is 2.30. The van der Waals surface area contributed by atoms with E-state index in [2.05, 4.69) is 4.90 Å². The van der Waals surface area contributed by atoms with Gasteiger partial charge in [0.25, 0.3) is 5.91 Å². The van der Waals surface area contributed by atoms with Crippen LogP contribution in [0.5, 0.6) is 0 Å². The van der Waals surface area contributed by atoms with Gasteiger partial charge in [0, 0.05) is 23.2 Å². The molecule has 0 radical (unpaired) electrons. The van der Waals surface area contributed by atoms with Crippen LogP contribution in [0.25, 0.3) is 10.8 Å². The highest BCUT2D eigenvalue weighted by atomic mass is 16.2. The van der Waals surface area contributed by atoms with Gasteiger partial charge in [0.1, 0.15) is 0 Å². The lowest BCUT2D eigenvalue weighted by Gasteiger charge is -2.40. The van der Waals surface area contributed by atoms with E-state index in [1.807, 2.05) is 30.3 Å². The van der Waals surface area contributed by atoms with Crippen LogP contribution in [0, 0.1) is 0 Å². The minimum absolute atomic E-state index is 0.196. The van der Waals surface area contributed by atoms with Crippen molar-refractivity contribution in [3.63, 3.8) is 0 Å². The number of hydrogen-bond donors (Lipinski definition) is 1. The van der Waals surface area contributed by atoms with Gasteiger partial charge in [-0.25, -0.2) is 0 Å². The molecule has 2 fully saturated rings. The second-order valence-electron chi connectivity index (χ2n) is 9.85. The number of nitrogens with two attached hydrogens (primary N) is 1. The van der Waals surface area contributed by atoms with Crippen LogP contribution in [-0.2, 0) is 0 Å². The fourth-order valence-electron chi connectivity index (χ4n) is 5.74. The van der Waals surface area contributed by atoms with Crippen molar-refractivity contribution in [2.45, 2.75) is 102 Å². The summed E-state index contributed by atoms with van der Waals surface area (Å²) in [6, 6.07) is 12.1. The molecule has 2 aliphatic carbocycles. The summed E-state index contributed by atoms with van der Waals surface area (Å²) in [7, 11) is 0. The van der Waals surface area contributed by atoms with Crippen LogP contribution in [0.15, 0.2) is 36.4 Å². The zero-order chi connectivity index (χ0) is 22.3. The third-order valence-corrected chi connectivity index (χ3v) is 7.54. The monoisotopic (exact) mass is 434 g/mol. The number of fused-ring (bicyclic) bond motifs is 1. The first-order valence-corrected chi connectivity index (χ1v) is 12.8. The minimum atomic E-state index is -0.424. The lowest BCUT2D eigenvalue weighted by molar-refractivity contribution is 0.0485. The van der Waals surface area contributed by atoms with E-state index >= 15 is 0 Å². The van der Waals surface area contributed by atoms with Gasteiger partial charge in [-0.2, -0.15) is 0 Å². The van der Waals surface area contributed by atoms with Crippen LogP contribution >= 0.6 is 0 Å². The minimum Gasteiger partial charge on any atom is -0.366 e. The van der Waals surface area contributed by atoms with E-state index in [9.17, 15) is 9.59 Å². The largest absolute Gasteiger partial charge is 0.366 e. The molecule has 0 aliphatic heterocycles. The number of nitrogens with zero attached hydrogens (tertiary/aromatic N) is 1. The first kappa shape index (κ1) is 22.8. The van der Waals surface area contributed by atoms with Crippen LogP contribution in [0.4, 0.5) is 0 Å². The summed E-state index contributed by atoms with van der Waals surface area (Å²) in [5, 5.41) is 1.93. The van der Waals surface area contributed by atoms with Crippen molar-refractivity contribution in [2.24, 2.45) is 5.73 Å². The second-order valence-corrected chi connectivity index (χ2v) is 9.85. The lowest BCUT2D eigenvalue weighted by Crippen LogP contribution is -2.47. The third kappa shape index (κ3) is 5.51. The van der Waals surface area contributed by atoms with Gasteiger partial charge < -0.3 is 10.6 Å². The van der Waals surface area contributed by atoms with Gasteiger partial charge in [-0.15, -0.1) is 0 Å². The van der Waals surface area contributed by atoms with Crippen molar-refractivity contribution in [3.05, 3.63) is 47.5 Å². The molecule has 2 aromatic rings. The predicted molar refractivity (Wildman–Crippen MR) is 131 cm³/mol. The van der Waals surface area contributed by atoms with Crippen LogP contribution in [0.3, 0.4) is 0 Å². The topological polar surface area (TPSA) is 63.4 Å². The molecule has 2 saturated carbocycles. The molecule has 0 saturated heterocycles. The summed E-state index contributed by atoms with van der Waals surface area (Å²) < 4.78 is 0. The maximum atomic E-state index is 14.0. The molecule has 2 N–H and O–H groups in total. The highest BCUT2D eigenvalue weighted by Gasteiger charge is 2.31. The summed E-state index contributed by atoms with van der Waals surface area (Å²) in [4.78, 5) is 27.9. The molecule has 0 atom stereocenters. The van der Waals surface area contributed by atoms with E-state index in [4.69, 9.17) is 5.73 Å². The maximum Gasteiger partial charge on any atom is 0.254 e. The number of benzene rings is 2. The molecule has 2 amide bonds. The zero-order valence-corrected chi connectivity index (χ0v) is 19.4. The van der Waals surface area contributed by atoms with Gasteiger partial charge >= 0.3 is 0 Å². The van der Waals surface area contributed by atoms with E-state index in [1.165, 1.54) is 64.2 Å². The van der Waals surface area contributed by atoms with Crippen LogP contribution < -0.4 is 5.73 Å². The molecule has 2 aliphatic rings. The van der Waals surface area contributed by atoms with Crippen molar-refractivity contribution in [1.29, 1.82) is 0 Å². The fourth-order valence-corrected chi connectivity index (χ4v) is 5.74. The number of hydrogen-bond acceptors (Lipinski definition) is 2. The van der Waals surface area contributed by atoms with Crippen molar-refractivity contribution in [3.8, 4) is 0 Å². The van der Waals surface area contributed by atoms with E-state index in [0.717, 1.165) is 42.0 Å². The average molecular weight is 435 g/mol. The third-order valence-electron chi connectivity index (χ3n) is 7.54. The lowest BCUT2D eigenvalue weighted by atomic mass is 9.90. The number of carbonyl (C=O) groups is 2. The SMILES string of the molecule is NC(=O)c1ccc2cc(C(=O)N(C3CCCCCCC3)C3CCCCCCC3)ccc2c1. The number of rotatable bonds is 4. The smallest absolute Gasteiger partial charge is 0.254 e. The van der Waals surface area contributed by atoms with E-state index in [0.29, 0.717) is 17.6 Å². The first-order chi connectivity index (χ1) is 15.6. The van der Waals surface area contributed by atoms with Crippen LogP contribution in [0.1, 0.15) is 111 Å². The molecule has 0 heterocycles. The zero-order valence-electron chi connectivity index (χ0n) is 19.4. The van der Waals surface area contributed by atoms with Crippen molar-refractivity contribution in [2.75, 3.05) is 0 Å². The van der Waals surface area contributed by atoms with Crippen LogP contribution in [0.2, 0.25) is 0 Å². The number of carbonyl (C=O) groups excluding carboxylic acids is 2. The summed E-state index contributed by atoms with van der Waals surface area (Å²) in [6.07, 6.45) is 17.3. The Kier molecular flexibility index (Phi) is 7.83. The summed E-state index contributed by atoms with van der Waals surface area (Å²) >= 11 is 0. The quantitative estimate of drug-likeness (QED) is 0.589. The van der Waals surface area contributed by atoms with E-state index in [1.54, 1.807) is 6.07 Å². The van der Waals surface area contributed by atoms with Crippen molar-refractivity contribution < 1.29 is 9.59 Å². The van der Waals surface area contributed by atoms with Gasteiger partial charge in [-0.1, -0.05) is 76.3 Å². The van der Waals surface area contributed by atoms with Gasteiger partial charge in [-0.3, -0.25) is 9.59 Å². The first-order valence-electron chi connectivity index (χ1n) is 12.8. The normalized spacial score (nSPS) is 19.5. The molecule has 4 nitrogen and oxygen atoms in total. The average Bonchev–Trinajstić information content (AvgIpc) is 2.75. The molecule has 0 aromatic heterocycles. The molecular weight excluding hydrogens is 396 g/mol. The fraction of sp³-hybridized carbons (Fsp3) is 0.571. The van der Waals surface area contributed by atoms with E-state index < -0.39 is 5.91 Å². The van der Waals surface area contributed by atoms with Gasteiger partial charge in [0.05, 0.1) is 0 Å². The molecular formula is C28H38N2O2. The Morgan fingerprint density at radius 3 is 1.50 bits per heavy atom. The summed E-state index contributed by atoms with van der Waals surface area (Å²) in [6.45, 7) is 0. The van der Waals surface area contributed by atoms with E-state index in [-0.39, 0.29) is 5.91 Å². The Morgan fingerprint density at radius 1 is 0.625 bits per heavy atom. The standard InChI is InChI=1S/C28H38N2O2/c29-27(31)23-17-15-22-20-24(18-16-21(22)19-23)28(32)30(25-11-7-3-1-4-8-12-25)26-13-9-5-2-6-10-14-26/h15-20,25-26H,1-14H2,(H2,29,31). The molecule has 0 spiro atoms. The Labute approximate surface area is 192 Å². The molecule has 32 heavy (non-hydrogen) atoms. The molecule has 0 bridgehead atoms. The molecule has 172 valence electrons. The van der Waals surface area contributed by atoms with Crippen LogP contribution in [-0.4, -0.2) is 28.8 Å². The Balaban J connectivity index is 1.64. The predicted octanol–water partition coefficient (Wildman–Crippen LogP) is 6.61. The second kappa shape index (κ2) is 11.0. The Morgan fingerprint density at radius 2 is 1.03 bits per heavy atom. The number of amides is 2. The summed E-state index contributed by atoms with van der Waals surface area (Å²) in [5.74, 6) is -0.228. The van der Waals surface area contributed by atoms with Crippen molar-refractivity contribution in [1.82, 2.24) is 4.90 Å². The molecule has 4 heteroatoms. The van der Waals surface area contributed by atoms with Gasteiger partial charge in [-0.05, 0) is 60.7 Å². The van der Waals surface area contributed by atoms with Gasteiger partial charge in [0.15, 0.2) is 0 Å². The summed E-state index contributed by atoms with van der Waals surface area (Å²) in [5.41, 5.74) is 6.71. The molecule has 0 unspecified atom stereocenters. The number of primary amides is 1. The Hall–Kier alpha value is -2.36. The maximum absolute atomic E-state index is 14.0. The Bertz CT molecular complexity index is 900. The molecule has 4 rings (SSSR count). The van der Waals surface area contributed by atoms with Crippen molar-refractivity contribution >= 4 is 22.6 Å². The van der Waals surface area contributed by atoms with Gasteiger partial charge in [0.2, 0.25) is 5.91 Å².